The van der Waals surface area contributed by atoms with E-state index in [-0.39, 0.29) is 5.60 Å². The van der Waals surface area contributed by atoms with Crippen molar-refractivity contribution in [3.63, 3.8) is 0 Å². The third kappa shape index (κ3) is 0.308. The average molecular weight is 164 g/mol. The summed E-state index contributed by atoms with van der Waals surface area (Å²) in [5.41, 5.74) is 0.540. The van der Waals surface area contributed by atoms with Crippen LogP contribution in [0.5, 0.6) is 0 Å². The summed E-state index contributed by atoms with van der Waals surface area (Å²) in [7, 11) is 0. The van der Waals surface area contributed by atoms with Crippen molar-refractivity contribution < 1.29 is 5.11 Å². The van der Waals surface area contributed by atoms with Crippen LogP contribution in [0, 0.1) is 29.1 Å². The molecule has 4 saturated carbocycles. The van der Waals surface area contributed by atoms with Gasteiger partial charge in [0.1, 0.15) is 0 Å². The Hall–Kier alpha value is -0.0400. The number of rotatable bonds is 1. The summed E-state index contributed by atoms with van der Waals surface area (Å²) < 4.78 is 0. The molecule has 4 aliphatic rings. The molecule has 4 unspecified atom stereocenters. The predicted octanol–water partition coefficient (Wildman–Crippen LogP) is 1.80. The molecule has 1 spiro atoms. The maximum absolute atomic E-state index is 10.3. The molecule has 0 saturated heterocycles. The minimum absolute atomic E-state index is 0.201. The van der Waals surface area contributed by atoms with Crippen LogP contribution in [-0.2, 0) is 0 Å². The Kier molecular flexibility index (Phi) is 0.744. The molecule has 0 radical (unpaired) electrons. The monoisotopic (exact) mass is 164 g/mol. The zero-order chi connectivity index (χ0) is 8.14. The van der Waals surface area contributed by atoms with Gasteiger partial charge in [0.2, 0.25) is 0 Å². The van der Waals surface area contributed by atoms with Crippen molar-refractivity contribution in [3.05, 3.63) is 0 Å². The predicted molar refractivity (Wildman–Crippen MR) is 45.5 cm³/mol. The molecule has 12 heavy (non-hydrogen) atoms. The molecule has 4 rings (SSSR count). The van der Waals surface area contributed by atoms with Crippen molar-refractivity contribution in [1.82, 2.24) is 0 Å². The first kappa shape index (κ1) is 6.42. The van der Waals surface area contributed by atoms with Crippen LogP contribution in [0.1, 0.15) is 32.6 Å². The van der Waals surface area contributed by atoms with Gasteiger partial charge >= 0.3 is 0 Å². The lowest BCUT2D eigenvalue weighted by atomic mass is 9.14. The Labute approximate surface area is 73.2 Å². The lowest BCUT2D eigenvalue weighted by Crippen LogP contribution is -2.90. The van der Waals surface area contributed by atoms with Gasteiger partial charge < -0.3 is 5.11 Å². The van der Waals surface area contributed by atoms with Crippen molar-refractivity contribution in [1.29, 1.82) is 0 Å². The summed E-state index contributed by atoms with van der Waals surface area (Å²) in [6, 6.07) is 0. The molecule has 0 heterocycles. The molecule has 0 aromatic heterocycles. The first-order valence-electron chi connectivity index (χ1n) is 5.47. The summed E-state index contributed by atoms with van der Waals surface area (Å²) in [4.78, 5) is 0. The molecule has 0 aliphatic heterocycles. The second kappa shape index (κ2) is 1.39. The highest BCUT2D eigenvalue weighted by Gasteiger charge is 2.88. The molecular weight excluding hydrogens is 148 g/mol. The van der Waals surface area contributed by atoms with Gasteiger partial charge in [0.15, 0.2) is 0 Å². The topological polar surface area (TPSA) is 20.2 Å². The summed E-state index contributed by atoms with van der Waals surface area (Å²) >= 11 is 0. The zero-order valence-corrected chi connectivity index (χ0v) is 7.59. The molecule has 4 atom stereocenters. The van der Waals surface area contributed by atoms with E-state index in [0.29, 0.717) is 0 Å². The molecule has 0 aromatic carbocycles. The fraction of sp³-hybridized carbons (Fsp3) is 1.00. The van der Waals surface area contributed by atoms with Crippen LogP contribution in [0.3, 0.4) is 0 Å². The van der Waals surface area contributed by atoms with E-state index >= 15 is 0 Å². The molecule has 1 N–H and O–H groups in total. The SMILES string of the molecule is CCC1(O)C2CC3CC4CC1C342. The fourth-order valence-corrected chi connectivity index (χ4v) is 5.48. The van der Waals surface area contributed by atoms with E-state index in [0.717, 1.165) is 35.5 Å². The van der Waals surface area contributed by atoms with E-state index in [4.69, 9.17) is 0 Å². The Morgan fingerprint density at radius 1 is 1.17 bits per heavy atom. The van der Waals surface area contributed by atoms with E-state index in [1.165, 1.54) is 19.3 Å². The fourth-order valence-electron chi connectivity index (χ4n) is 5.48. The second-order valence-corrected chi connectivity index (χ2v) is 5.55. The quantitative estimate of drug-likeness (QED) is 0.626. The van der Waals surface area contributed by atoms with Crippen LogP contribution in [0.15, 0.2) is 0 Å². The molecule has 0 bridgehead atoms. The Morgan fingerprint density at radius 2 is 1.75 bits per heavy atom. The van der Waals surface area contributed by atoms with Crippen LogP contribution in [-0.4, -0.2) is 10.7 Å². The minimum Gasteiger partial charge on any atom is -0.389 e. The normalized spacial score (nSPS) is 75.5. The molecule has 1 heteroatoms. The Morgan fingerprint density at radius 3 is 2.17 bits per heavy atom. The van der Waals surface area contributed by atoms with E-state index in [1.807, 2.05) is 0 Å². The smallest absolute Gasteiger partial charge is 0.0712 e. The van der Waals surface area contributed by atoms with Gasteiger partial charge in [-0.25, -0.2) is 0 Å². The summed E-state index contributed by atoms with van der Waals surface area (Å²) in [5.74, 6) is 3.58. The lowest BCUT2D eigenvalue weighted by Gasteiger charge is -2.91. The van der Waals surface area contributed by atoms with Crippen LogP contribution in [0.25, 0.3) is 0 Å². The van der Waals surface area contributed by atoms with Gasteiger partial charge in [0, 0.05) is 0 Å². The minimum atomic E-state index is -0.201. The van der Waals surface area contributed by atoms with Crippen molar-refractivity contribution in [3.8, 4) is 0 Å². The van der Waals surface area contributed by atoms with E-state index in [1.54, 1.807) is 0 Å². The third-order valence-corrected chi connectivity index (χ3v) is 6.00. The highest BCUT2D eigenvalue weighted by atomic mass is 16.3. The highest BCUT2D eigenvalue weighted by Crippen LogP contribution is 2.90. The highest BCUT2D eigenvalue weighted by molar-refractivity contribution is 5.37. The van der Waals surface area contributed by atoms with Crippen LogP contribution in [0.2, 0.25) is 0 Å². The average Bonchev–Trinajstić information content (AvgIpc) is 1.96. The van der Waals surface area contributed by atoms with Crippen molar-refractivity contribution in [2.24, 2.45) is 29.1 Å². The van der Waals surface area contributed by atoms with Crippen molar-refractivity contribution in [2.75, 3.05) is 0 Å². The molecular formula is C11H16O. The van der Waals surface area contributed by atoms with Crippen LogP contribution < -0.4 is 0 Å². The Balaban J connectivity index is 1.75. The van der Waals surface area contributed by atoms with Gasteiger partial charge in [0.25, 0.3) is 0 Å². The third-order valence-electron chi connectivity index (χ3n) is 6.00. The second-order valence-electron chi connectivity index (χ2n) is 5.55. The first-order chi connectivity index (χ1) is 5.74. The zero-order valence-electron chi connectivity index (χ0n) is 7.59. The van der Waals surface area contributed by atoms with E-state index in [9.17, 15) is 5.11 Å². The maximum atomic E-state index is 10.3. The standard InChI is InChI=1S/C11H16O/c1-2-10(12)8-4-6-3-7-5-9(10)11(6,7)8/h6-9,12H,2-5H2,1H3. The molecule has 4 fully saturated rings. The van der Waals surface area contributed by atoms with Gasteiger partial charge in [-0.05, 0) is 54.8 Å². The Bertz CT molecular complexity index is 242. The van der Waals surface area contributed by atoms with E-state index in [2.05, 4.69) is 6.92 Å². The summed E-state index contributed by atoms with van der Waals surface area (Å²) in [5, 5.41) is 10.3. The van der Waals surface area contributed by atoms with Gasteiger partial charge in [-0.15, -0.1) is 0 Å². The van der Waals surface area contributed by atoms with Gasteiger partial charge in [0.05, 0.1) is 5.60 Å². The number of hydrogen-bond donors (Lipinski definition) is 1. The molecule has 1 nitrogen and oxygen atoms in total. The van der Waals surface area contributed by atoms with Crippen molar-refractivity contribution >= 4 is 0 Å². The molecule has 0 amide bonds. The van der Waals surface area contributed by atoms with Gasteiger partial charge in [-0.3, -0.25) is 0 Å². The lowest BCUT2D eigenvalue weighted by molar-refractivity contribution is -0.461. The van der Waals surface area contributed by atoms with Crippen LogP contribution >= 0.6 is 0 Å². The van der Waals surface area contributed by atoms with Gasteiger partial charge in [-0.2, -0.15) is 0 Å². The molecule has 66 valence electrons. The van der Waals surface area contributed by atoms with Crippen molar-refractivity contribution in [2.45, 2.75) is 38.2 Å². The summed E-state index contributed by atoms with van der Waals surface area (Å²) in [6.45, 7) is 2.16. The number of aliphatic hydroxyl groups is 1. The van der Waals surface area contributed by atoms with Crippen LogP contribution in [0.4, 0.5) is 0 Å². The number of hydrogen-bond acceptors (Lipinski definition) is 1. The summed E-state index contributed by atoms with van der Waals surface area (Å²) in [6.07, 6.45) is 5.23. The first-order valence-corrected chi connectivity index (χ1v) is 5.47. The maximum Gasteiger partial charge on any atom is 0.0712 e. The van der Waals surface area contributed by atoms with E-state index < -0.39 is 0 Å². The molecule has 4 aliphatic carbocycles. The van der Waals surface area contributed by atoms with Gasteiger partial charge in [-0.1, -0.05) is 6.92 Å². The largest absolute Gasteiger partial charge is 0.389 e. The molecule has 0 aromatic rings.